The van der Waals surface area contributed by atoms with Gasteiger partial charge in [0.15, 0.2) is 0 Å². The molecule has 7 nitrogen and oxygen atoms in total. The van der Waals surface area contributed by atoms with Gasteiger partial charge in [-0.05, 0) is 13.3 Å². The molecule has 0 bridgehead atoms. The standard InChI is InChI=1S/C8H10N6O/c1-3-7-6(2)10-12-14(7)8(15)13-5-4-9-11-13/h4-5H,3H2,1-2H3. The third kappa shape index (κ3) is 1.51. The summed E-state index contributed by atoms with van der Waals surface area (Å²) in [4.78, 5) is 11.8. The van der Waals surface area contributed by atoms with Crippen molar-refractivity contribution in [1.29, 1.82) is 0 Å². The lowest BCUT2D eigenvalue weighted by Crippen LogP contribution is -2.23. The molecule has 0 atom stereocenters. The Labute approximate surface area is 85.7 Å². The van der Waals surface area contributed by atoms with Crippen LogP contribution in [0.25, 0.3) is 0 Å². The molecule has 2 rings (SSSR count). The molecule has 0 saturated heterocycles. The van der Waals surface area contributed by atoms with Gasteiger partial charge in [-0.25, -0.2) is 4.79 Å². The Bertz CT molecular complexity index is 471. The van der Waals surface area contributed by atoms with E-state index in [1.54, 1.807) is 0 Å². The van der Waals surface area contributed by atoms with Crippen LogP contribution in [-0.4, -0.2) is 36.0 Å². The molecular formula is C8H10N6O. The van der Waals surface area contributed by atoms with Crippen molar-refractivity contribution in [1.82, 2.24) is 30.0 Å². The molecule has 2 aromatic heterocycles. The number of carbonyl (C=O) groups excluding carboxylic acids is 1. The van der Waals surface area contributed by atoms with Crippen molar-refractivity contribution >= 4 is 6.03 Å². The second kappa shape index (κ2) is 3.60. The fourth-order valence-electron chi connectivity index (χ4n) is 1.34. The molecule has 0 aliphatic heterocycles. The summed E-state index contributed by atoms with van der Waals surface area (Å²) >= 11 is 0. The quantitative estimate of drug-likeness (QED) is 0.668. The number of aromatic nitrogens is 6. The zero-order valence-electron chi connectivity index (χ0n) is 8.45. The molecule has 0 unspecified atom stereocenters. The van der Waals surface area contributed by atoms with Crippen LogP contribution < -0.4 is 0 Å². The highest BCUT2D eigenvalue weighted by Crippen LogP contribution is 2.05. The first-order chi connectivity index (χ1) is 7.24. The van der Waals surface area contributed by atoms with Crippen LogP contribution >= 0.6 is 0 Å². The van der Waals surface area contributed by atoms with Crippen molar-refractivity contribution < 1.29 is 4.79 Å². The molecule has 0 fully saturated rings. The summed E-state index contributed by atoms with van der Waals surface area (Å²) in [6.45, 7) is 3.76. The monoisotopic (exact) mass is 206 g/mol. The van der Waals surface area contributed by atoms with Crippen LogP contribution in [0, 0.1) is 6.92 Å². The van der Waals surface area contributed by atoms with E-state index < -0.39 is 0 Å². The van der Waals surface area contributed by atoms with Gasteiger partial charge in [0.1, 0.15) is 0 Å². The first-order valence-electron chi connectivity index (χ1n) is 4.56. The van der Waals surface area contributed by atoms with Crippen molar-refractivity contribution in [3.05, 3.63) is 23.8 Å². The molecular weight excluding hydrogens is 196 g/mol. The first kappa shape index (κ1) is 9.50. The summed E-state index contributed by atoms with van der Waals surface area (Å²) in [5, 5.41) is 14.8. The molecule has 0 radical (unpaired) electrons. The van der Waals surface area contributed by atoms with Crippen LogP contribution in [0.15, 0.2) is 12.4 Å². The lowest BCUT2D eigenvalue weighted by atomic mass is 10.3. The molecule has 15 heavy (non-hydrogen) atoms. The number of nitrogens with zero attached hydrogens (tertiary/aromatic N) is 6. The van der Waals surface area contributed by atoms with Gasteiger partial charge in [0.2, 0.25) is 0 Å². The summed E-state index contributed by atoms with van der Waals surface area (Å²) in [6.07, 6.45) is 3.60. The van der Waals surface area contributed by atoms with Crippen LogP contribution in [0.3, 0.4) is 0 Å². The molecule has 78 valence electrons. The number of rotatable bonds is 1. The lowest BCUT2D eigenvalue weighted by molar-refractivity contribution is 0.236. The topological polar surface area (TPSA) is 78.5 Å². The number of hydrogen-bond donors (Lipinski definition) is 0. The van der Waals surface area contributed by atoms with Crippen molar-refractivity contribution in [3.8, 4) is 0 Å². The Kier molecular flexibility index (Phi) is 2.28. The maximum Gasteiger partial charge on any atom is 0.372 e. The van der Waals surface area contributed by atoms with Gasteiger partial charge in [-0.15, -0.1) is 10.2 Å². The van der Waals surface area contributed by atoms with E-state index in [1.165, 1.54) is 17.1 Å². The van der Waals surface area contributed by atoms with Crippen LogP contribution in [0.5, 0.6) is 0 Å². The molecule has 2 aromatic rings. The number of carbonyl (C=O) groups is 1. The van der Waals surface area contributed by atoms with Gasteiger partial charge in [0.25, 0.3) is 0 Å². The van der Waals surface area contributed by atoms with Crippen LogP contribution in [0.4, 0.5) is 4.79 Å². The first-order valence-corrected chi connectivity index (χ1v) is 4.56. The van der Waals surface area contributed by atoms with E-state index >= 15 is 0 Å². The van der Waals surface area contributed by atoms with Gasteiger partial charge in [0, 0.05) is 0 Å². The summed E-state index contributed by atoms with van der Waals surface area (Å²) in [5.41, 5.74) is 1.54. The van der Waals surface area contributed by atoms with Gasteiger partial charge in [-0.3, -0.25) is 0 Å². The Balaban J connectivity index is 2.42. The Morgan fingerprint density at radius 1 is 1.47 bits per heavy atom. The minimum absolute atomic E-state index is 0.370. The summed E-state index contributed by atoms with van der Waals surface area (Å²) in [5.74, 6) is 0. The van der Waals surface area contributed by atoms with E-state index in [2.05, 4.69) is 20.6 Å². The number of hydrogen-bond acceptors (Lipinski definition) is 5. The molecule has 0 aromatic carbocycles. The smallest absolute Gasteiger partial charge is 0.243 e. The van der Waals surface area contributed by atoms with Crippen molar-refractivity contribution in [2.45, 2.75) is 20.3 Å². The average molecular weight is 206 g/mol. The van der Waals surface area contributed by atoms with E-state index in [9.17, 15) is 4.79 Å². The molecule has 0 amide bonds. The maximum absolute atomic E-state index is 11.8. The van der Waals surface area contributed by atoms with Crippen LogP contribution in [0.1, 0.15) is 18.3 Å². The fraction of sp³-hybridized carbons (Fsp3) is 0.375. The molecule has 7 heteroatoms. The van der Waals surface area contributed by atoms with E-state index in [1.807, 2.05) is 13.8 Å². The van der Waals surface area contributed by atoms with Crippen LogP contribution in [0.2, 0.25) is 0 Å². The molecule has 0 N–H and O–H groups in total. The minimum atomic E-state index is -0.370. The Morgan fingerprint density at radius 2 is 2.27 bits per heavy atom. The second-order valence-corrected chi connectivity index (χ2v) is 3.02. The normalized spacial score (nSPS) is 10.5. The highest BCUT2D eigenvalue weighted by atomic mass is 16.2. The minimum Gasteiger partial charge on any atom is -0.243 e. The highest BCUT2D eigenvalue weighted by Gasteiger charge is 2.15. The van der Waals surface area contributed by atoms with Gasteiger partial charge in [-0.1, -0.05) is 17.4 Å². The second-order valence-electron chi connectivity index (χ2n) is 3.02. The molecule has 0 aliphatic rings. The molecule has 0 saturated carbocycles. The van der Waals surface area contributed by atoms with Gasteiger partial charge >= 0.3 is 6.03 Å². The third-order valence-electron chi connectivity index (χ3n) is 2.09. The van der Waals surface area contributed by atoms with Gasteiger partial charge in [-0.2, -0.15) is 9.36 Å². The summed E-state index contributed by atoms with van der Waals surface area (Å²) in [7, 11) is 0. The summed E-state index contributed by atoms with van der Waals surface area (Å²) < 4.78 is 2.36. The van der Waals surface area contributed by atoms with E-state index in [-0.39, 0.29) is 6.03 Å². The van der Waals surface area contributed by atoms with Crippen molar-refractivity contribution in [3.63, 3.8) is 0 Å². The van der Waals surface area contributed by atoms with Crippen molar-refractivity contribution in [2.24, 2.45) is 0 Å². The predicted octanol–water partition coefficient (Wildman–Crippen LogP) is 0.257. The predicted molar refractivity (Wildman–Crippen MR) is 50.4 cm³/mol. The third-order valence-corrected chi connectivity index (χ3v) is 2.09. The maximum atomic E-state index is 11.8. The van der Waals surface area contributed by atoms with E-state index in [4.69, 9.17) is 0 Å². The zero-order chi connectivity index (χ0) is 10.8. The number of aryl methyl sites for hydroxylation is 1. The SMILES string of the molecule is CCc1c(C)nnn1C(=O)n1ccnn1. The largest absolute Gasteiger partial charge is 0.372 e. The lowest BCUT2D eigenvalue weighted by Gasteiger charge is -2.01. The zero-order valence-corrected chi connectivity index (χ0v) is 8.45. The highest BCUT2D eigenvalue weighted by molar-refractivity contribution is 5.77. The molecule has 0 spiro atoms. The van der Waals surface area contributed by atoms with Gasteiger partial charge in [0.05, 0.1) is 23.8 Å². The van der Waals surface area contributed by atoms with Crippen LogP contribution in [-0.2, 0) is 6.42 Å². The van der Waals surface area contributed by atoms with Gasteiger partial charge < -0.3 is 0 Å². The Hall–Kier alpha value is -2.05. The van der Waals surface area contributed by atoms with E-state index in [0.717, 1.165) is 16.1 Å². The van der Waals surface area contributed by atoms with E-state index in [0.29, 0.717) is 6.42 Å². The molecule has 2 heterocycles. The van der Waals surface area contributed by atoms with Crippen molar-refractivity contribution in [2.75, 3.05) is 0 Å². The Morgan fingerprint density at radius 3 is 2.87 bits per heavy atom. The summed E-state index contributed by atoms with van der Waals surface area (Å²) in [6, 6.07) is -0.370. The molecule has 0 aliphatic carbocycles. The fourth-order valence-corrected chi connectivity index (χ4v) is 1.34. The average Bonchev–Trinajstić information content (AvgIpc) is 2.85.